The van der Waals surface area contributed by atoms with Crippen LogP contribution in [0.4, 0.5) is 0 Å². The van der Waals surface area contributed by atoms with Crippen LogP contribution in [0.25, 0.3) is 6.08 Å². The SMILES string of the molecule is COC(=O)C(C)NS(=O)(=O)c1ccc(C=CC(=O)O)cc1. The summed E-state index contributed by atoms with van der Waals surface area (Å²) in [7, 11) is -2.69. The lowest BCUT2D eigenvalue weighted by molar-refractivity contribution is -0.142. The third-order valence-electron chi connectivity index (χ3n) is 2.50. The van der Waals surface area contributed by atoms with E-state index in [1.807, 2.05) is 0 Å². The van der Waals surface area contributed by atoms with Gasteiger partial charge in [0, 0.05) is 6.08 Å². The molecule has 0 saturated carbocycles. The molecule has 7 nitrogen and oxygen atoms in total. The molecule has 0 aliphatic heterocycles. The molecule has 2 N–H and O–H groups in total. The minimum absolute atomic E-state index is 0.0364. The van der Waals surface area contributed by atoms with Gasteiger partial charge in [0.15, 0.2) is 0 Å². The number of carboxylic acids is 1. The minimum Gasteiger partial charge on any atom is -0.478 e. The number of esters is 1. The average Bonchev–Trinajstić information content (AvgIpc) is 2.44. The van der Waals surface area contributed by atoms with Crippen molar-refractivity contribution < 1.29 is 27.9 Å². The Morgan fingerprint density at radius 1 is 1.29 bits per heavy atom. The highest BCUT2D eigenvalue weighted by atomic mass is 32.2. The first-order valence-electron chi connectivity index (χ1n) is 5.87. The van der Waals surface area contributed by atoms with Gasteiger partial charge in [-0.2, -0.15) is 4.72 Å². The number of benzene rings is 1. The van der Waals surface area contributed by atoms with E-state index >= 15 is 0 Å². The van der Waals surface area contributed by atoms with Gasteiger partial charge in [-0.05, 0) is 30.7 Å². The third kappa shape index (κ3) is 5.01. The largest absolute Gasteiger partial charge is 0.478 e. The number of hydrogen-bond donors (Lipinski definition) is 2. The van der Waals surface area contributed by atoms with Gasteiger partial charge in [0.05, 0.1) is 12.0 Å². The molecular formula is C13H15NO6S. The molecule has 0 amide bonds. The van der Waals surface area contributed by atoms with Gasteiger partial charge in [-0.1, -0.05) is 12.1 Å². The van der Waals surface area contributed by atoms with Crippen LogP contribution in [0.2, 0.25) is 0 Å². The molecule has 21 heavy (non-hydrogen) atoms. The summed E-state index contributed by atoms with van der Waals surface area (Å²) in [6.07, 6.45) is 2.28. The van der Waals surface area contributed by atoms with Crippen LogP contribution in [0.15, 0.2) is 35.2 Å². The van der Waals surface area contributed by atoms with E-state index in [0.717, 1.165) is 13.2 Å². The van der Waals surface area contributed by atoms with E-state index < -0.39 is 28.0 Å². The van der Waals surface area contributed by atoms with Crippen molar-refractivity contribution in [3.8, 4) is 0 Å². The molecule has 1 atom stereocenters. The van der Waals surface area contributed by atoms with Gasteiger partial charge in [-0.25, -0.2) is 13.2 Å². The Bertz CT molecular complexity index is 648. The molecule has 0 fully saturated rings. The second kappa shape index (κ2) is 7.00. The normalized spacial score (nSPS) is 13.0. The van der Waals surface area contributed by atoms with Crippen molar-refractivity contribution in [2.75, 3.05) is 7.11 Å². The van der Waals surface area contributed by atoms with E-state index in [0.29, 0.717) is 5.56 Å². The average molecular weight is 313 g/mol. The fourth-order valence-electron chi connectivity index (χ4n) is 1.45. The molecule has 1 aromatic rings. The van der Waals surface area contributed by atoms with Crippen LogP contribution in [-0.2, 0) is 24.3 Å². The van der Waals surface area contributed by atoms with E-state index in [9.17, 15) is 18.0 Å². The second-order valence-corrected chi connectivity index (χ2v) is 5.82. The van der Waals surface area contributed by atoms with E-state index in [2.05, 4.69) is 9.46 Å². The van der Waals surface area contributed by atoms with E-state index in [4.69, 9.17) is 5.11 Å². The highest BCUT2D eigenvalue weighted by Gasteiger charge is 2.22. The maximum Gasteiger partial charge on any atom is 0.328 e. The van der Waals surface area contributed by atoms with Crippen molar-refractivity contribution in [3.05, 3.63) is 35.9 Å². The lowest BCUT2D eigenvalue weighted by Crippen LogP contribution is -2.39. The summed E-state index contributed by atoms with van der Waals surface area (Å²) >= 11 is 0. The zero-order chi connectivity index (χ0) is 16.0. The number of hydrogen-bond acceptors (Lipinski definition) is 5. The Labute approximate surface area is 122 Å². The molecule has 0 aliphatic carbocycles. The Morgan fingerprint density at radius 2 is 1.86 bits per heavy atom. The summed E-state index contributed by atoms with van der Waals surface area (Å²) < 4.78 is 30.6. The van der Waals surface area contributed by atoms with Crippen molar-refractivity contribution in [2.45, 2.75) is 17.9 Å². The van der Waals surface area contributed by atoms with Crippen LogP contribution in [0.5, 0.6) is 0 Å². The zero-order valence-corrected chi connectivity index (χ0v) is 12.3. The quantitative estimate of drug-likeness (QED) is 0.588. The van der Waals surface area contributed by atoms with Crippen LogP contribution in [0.1, 0.15) is 12.5 Å². The number of methoxy groups -OCH3 is 1. The summed E-state index contributed by atoms with van der Waals surface area (Å²) in [5.41, 5.74) is 0.539. The molecule has 0 aromatic heterocycles. The van der Waals surface area contributed by atoms with Crippen LogP contribution in [-0.4, -0.2) is 38.6 Å². The molecule has 0 aliphatic rings. The molecule has 0 heterocycles. The van der Waals surface area contributed by atoms with Crippen molar-refractivity contribution in [1.82, 2.24) is 4.72 Å². The van der Waals surface area contributed by atoms with Crippen molar-refractivity contribution in [3.63, 3.8) is 0 Å². The predicted molar refractivity (Wildman–Crippen MR) is 74.9 cm³/mol. The van der Waals surface area contributed by atoms with Crippen LogP contribution in [0, 0.1) is 0 Å². The van der Waals surface area contributed by atoms with Crippen molar-refractivity contribution >= 4 is 28.0 Å². The first kappa shape index (κ1) is 16.9. The molecule has 8 heteroatoms. The van der Waals surface area contributed by atoms with E-state index in [1.54, 1.807) is 0 Å². The Balaban J connectivity index is 2.90. The smallest absolute Gasteiger partial charge is 0.328 e. The van der Waals surface area contributed by atoms with E-state index in [1.165, 1.54) is 37.3 Å². The number of aliphatic carboxylic acids is 1. The second-order valence-electron chi connectivity index (χ2n) is 4.11. The Kier molecular flexibility index (Phi) is 5.62. The fraction of sp³-hybridized carbons (Fsp3) is 0.231. The summed E-state index contributed by atoms with van der Waals surface area (Å²) in [6.45, 7) is 1.37. The van der Waals surface area contributed by atoms with Crippen molar-refractivity contribution in [1.29, 1.82) is 0 Å². The first-order valence-corrected chi connectivity index (χ1v) is 7.36. The number of carbonyl (C=O) groups excluding carboxylic acids is 1. The predicted octanol–water partition coefficient (Wildman–Crippen LogP) is 0.624. The number of carboxylic acid groups (broad SMARTS) is 1. The van der Waals surface area contributed by atoms with Gasteiger partial charge >= 0.3 is 11.9 Å². The first-order chi connectivity index (χ1) is 9.76. The summed E-state index contributed by atoms with van der Waals surface area (Å²) in [4.78, 5) is 21.5. The van der Waals surface area contributed by atoms with Gasteiger partial charge in [-0.15, -0.1) is 0 Å². The van der Waals surface area contributed by atoms with Gasteiger partial charge in [0.25, 0.3) is 0 Å². The van der Waals surface area contributed by atoms with Crippen LogP contribution >= 0.6 is 0 Å². The number of sulfonamides is 1. The molecule has 0 bridgehead atoms. The molecule has 1 unspecified atom stereocenters. The molecule has 0 radical (unpaired) electrons. The highest BCUT2D eigenvalue weighted by molar-refractivity contribution is 7.89. The standard InChI is InChI=1S/C13H15NO6S/c1-9(13(17)20-2)14-21(18,19)11-6-3-10(4-7-11)5-8-12(15)16/h3-9,14H,1-2H3,(H,15,16). The fourth-order valence-corrected chi connectivity index (χ4v) is 2.64. The van der Waals surface area contributed by atoms with Gasteiger partial charge in [-0.3, -0.25) is 4.79 Å². The molecule has 0 saturated heterocycles. The lowest BCUT2D eigenvalue weighted by Gasteiger charge is -2.12. The maximum absolute atomic E-state index is 12.0. The summed E-state index contributed by atoms with van der Waals surface area (Å²) in [5, 5.41) is 8.50. The summed E-state index contributed by atoms with van der Waals surface area (Å²) in [6, 6.07) is 4.53. The Hall–Kier alpha value is -2.19. The molecule has 1 rings (SSSR count). The topological polar surface area (TPSA) is 110 Å². The highest BCUT2D eigenvalue weighted by Crippen LogP contribution is 2.12. The van der Waals surface area contributed by atoms with Gasteiger partial charge in [0.1, 0.15) is 6.04 Å². The van der Waals surface area contributed by atoms with E-state index in [-0.39, 0.29) is 4.90 Å². The number of carbonyl (C=O) groups is 2. The maximum atomic E-state index is 12.0. The number of ether oxygens (including phenoxy) is 1. The number of nitrogens with one attached hydrogen (secondary N) is 1. The van der Waals surface area contributed by atoms with Crippen molar-refractivity contribution in [2.24, 2.45) is 0 Å². The third-order valence-corrected chi connectivity index (χ3v) is 4.05. The lowest BCUT2D eigenvalue weighted by atomic mass is 10.2. The molecule has 0 spiro atoms. The minimum atomic E-state index is -3.85. The number of rotatable bonds is 6. The van der Waals surface area contributed by atoms with Gasteiger partial charge < -0.3 is 9.84 Å². The summed E-state index contributed by atoms with van der Waals surface area (Å²) in [5.74, 6) is -1.79. The van der Waals surface area contributed by atoms with Crippen LogP contribution in [0.3, 0.4) is 0 Å². The van der Waals surface area contributed by atoms with Crippen LogP contribution < -0.4 is 4.72 Å². The monoisotopic (exact) mass is 313 g/mol. The van der Waals surface area contributed by atoms with Gasteiger partial charge in [0.2, 0.25) is 10.0 Å². The molecule has 1 aromatic carbocycles. The molecular weight excluding hydrogens is 298 g/mol. The Morgan fingerprint density at radius 3 is 2.33 bits per heavy atom. The zero-order valence-electron chi connectivity index (χ0n) is 11.4. The molecule has 114 valence electrons.